The summed E-state index contributed by atoms with van der Waals surface area (Å²) in [6.45, 7) is 11.6. The minimum absolute atomic E-state index is 0.579. The summed E-state index contributed by atoms with van der Waals surface area (Å²) < 4.78 is 9.51. The van der Waals surface area contributed by atoms with Crippen LogP contribution in [0.25, 0.3) is 0 Å². The first-order valence-electron chi connectivity index (χ1n) is 6.06. The molecule has 1 N–H and O–H groups in total. The fourth-order valence-corrected chi connectivity index (χ4v) is 1.66. The molecule has 0 heterocycles. The number of hydrogen-bond donors (Lipinski definition) is 1. The Morgan fingerprint density at radius 1 is 1.32 bits per heavy atom. The number of ether oxygens (including phenoxy) is 2. The van der Waals surface area contributed by atoms with Crippen molar-refractivity contribution in [2.45, 2.75) is 27.7 Å². The van der Waals surface area contributed by atoms with Crippen LogP contribution in [0.5, 0.6) is 5.75 Å². The topological polar surface area (TPSA) is 55.8 Å². The highest BCUT2D eigenvalue weighted by Crippen LogP contribution is 2.24. The fourth-order valence-electron chi connectivity index (χ4n) is 1.66. The van der Waals surface area contributed by atoms with Gasteiger partial charge in [-0.1, -0.05) is 24.3 Å². The number of benzene rings is 1. The number of aryl methyl sites for hydroxylation is 3. The van der Waals surface area contributed by atoms with E-state index in [4.69, 9.17) is 9.84 Å². The Bertz CT molecular complexity index is 401. The van der Waals surface area contributed by atoms with Crippen LogP contribution in [0.15, 0.2) is 24.8 Å². The van der Waals surface area contributed by atoms with Crippen molar-refractivity contribution in [1.29, 1.82) is 0 Å². The van der Waals surface area contributed by atoms with Crippen LogP contribution in [-0.4, -0.2) is 24.5 Å². The molecule has 106 valence electrons. The Balaban J connectivity index is 0.000000399. The van der Waals surface area contributed by atoms with Gasteiger partial charge < -0.3 is 14.6 Å². The van der Waals surface area contributed by atoms with E-state index in [0.29, 0.717) is 0 Å². The second-order valence-electron chi connectivity index (χ2n) is 3.96. The fraction of sp³-hybridized carbons (Fsp3) is 0.400. The number of aliphatic hydroxyl groups excluding tert-OH is 1. The molecule has 4 nitrogen and oxygen atoms in total. The van der Waals surface area contributed by atoms with Crippen LogP contribution in [0, 0.1) is 20.8 Å². The lowest BCUT2D eigenvalue weighted by atomic mass is 10.1. The Labute approximate surface area is 114 Å². The molecule has 0 aromatic heterocycles. The summed E-state index contributed by atoms with van der Waals surface area (Å²) in [7, 11) is 0. The maximum atomic E-state index is 9.91. The summed E-state index contributed by atoms with van der Waals surface area (Å²) in [4.78, 5) is 9.91. The molecule has 0 unspecified atom stereocenters. The number of esters is 1. The second-order valence-corrected chi connectivity index (χ2v) is 3.96. The molecule has 0 aliphatic carbocycles. The van der Waals surface area contributed by atoms with Gasteiger partial charge in [0.1, 0.15) is 5.75 Å². The standard InChI is InChI=1S/C11H16O.C4H6O3/c1-5-12-11-9(3)6-8(2)7-10(11)4;1-2-4(6)7-3-5/h6-7H,5H2,1-4H3;2,5H,1,3H2. The molecule has 0 bridgehead atoms. The molecule has 0 radical (unpaired) electrons. The molecule has 19 heavy (non-hydrogen) atoms. The van der Waals surface area contributed by atoms with Crippen LogP contribution >= 0.6 is 0 Å². The van der Waals surface area contributed by atoms with Crippen molar-refractivity contribution in [3.05, 3.63) is 41.5 Å². The van der Waals surface area contributed by atoms with E-state index in [9.17, 15) is 4.79 Å². The van der Waals surface area contributed by atoms with Gasteiger partial charge in [-0.25, -0.2) is 4.79 Å². The highest BCUT2D eigenvalue weighted by atomic mass is 16.6. The third-order valence-electron chi connectivity index (χ3n) is 2.27. The van der Waals surface area contributed by atoms with Crippen molar-refractivity contribution in [2.75, 3.05) is 13.4 Å². The molecule has 4 heteroatoms. The molecule has 0 saturated heterocycles. The SMILES string of the molecule is C=CC(=O)OCO.CCOc1c(C)cc(C)cc1C. The van der Waals surface area contributed by atoms with Crippen molar-refractivity contribution in [2.24, 2.45) is 0 Å². The van der Waals surface area contributed by atoms with Gasteiger partial charge in [-0.15, -0.1) is 0 Å². The molecule has 0 atom stereocenters. The second kappa shape index (κ2) is 9.16. The Kier molecular flexibility index (Phi) is 8.29. The van der Waals surface area contributed by atoms with Gasteiger partial charge >= 0.3 is 5.97 Å². The lowest BCUT2D eigenvalue weighted by Gasteiger charge is -2.10. The first-order valence-corrected chi connectivity index (χ1v) is 6.06. The van der Waals surface area contributed by atoms with Crippen molar-refractivity contribution in [3.63, 3.8) is 0 Å². The maximum absolute atomic E-state index is 9.91. The highest BCUT2D eigenvalue weighted by molar-refractivity contribution is 5.81. The third-order valence-corrected chi connectivity index (χ3v) is 2.27. The largest absolute Gasteiger partial charge is 0.493 e. The zero-order valence-corrected chi connectivity index (χ0v) is 12.0. The average molecular weight is 266 g/mol. The van der Waals surface area contributed by atoms with E-state index in [-0.39, 0.29) is 0 Å². The number of hydrogen-bond acceptors (Lipinski definition) is 4. The first kappa shape index (κ1) is 17.2. The van der Waals surface area contributed by atoms with Gasteiger partial charge in [-0.05, 0) is 38.8 Å². The molecule has 1 aromatic carbocycles. The predicted molar refractivity (Wildman–Crippen MR) is 75.2 cm³/mol. The number of aliphatic hydroxyl groups is 1. The van der Waals surface area contributed by atoms with Crippen LogP contribution < -0.4 is 4.74 Å². The molecular formula is C15H22O4. The van der Waals surface area contributed by atoms with E-state index >= 15 is 0 Å². The van der Waals surface area contributed by atoms with Gasteiger partial charge in [0.25, 0.3) is 0 Å². The molecule has 0 amide bonds. The van der Waals surface area contributed by atoms with E-state index in [0.717, 1.165) is 18.4 Å². The summed E-state index contributed by atoms with van der Waals surface area (Å²) in [5, 5.41) is 7.88. The van der Waals surface area contributed by atoms with Crippen molar-refractivity contribution in [3.8, 4) is 5.75 Å². The molecule has 1 aromatic rings. The van der Waals surface area contributed by atoms with Crippen LogP contribution in [0.2, 0.25) is 0 Å². The van der Waals surface area contributed by atoms with Crippen molar-refractivity contribution in [1.82, 2.24) is 0 Å². The molecule has 0 saturated carbocycles. The zero-order chi connectivity index (χ0) is 14.8. The van der Waals surface area contributed by atoms with Crippen LogP contribution in [-0.2, 0) is 9.53 Å². The van der Waals surface area contributed by atoms with Crippen molar-refractivity contribution < 1.29 is 19.4 Å². The van der Waals surface area contributed by atoms with Gasteiger partial charge in [0.2, 0.25) is 0 Å². The van der Waals surface area contributed by atoms with Gasteiger partial charge in [0, 0.05) is 6.08 Å². The monoisotopic (exact) mass is 266 g/mol. The van der Waals surface area contributed by atoms with Gasteiger partial charge in [-0.2, -0.15) is 0 Å². The van der Waals surface area contributed by atoms with Gasteiger partial charge in [0.15, 0.2) is 6.79 Å². The highest BCUT2D eigenvalue weighted by Gasteiger charge is 2.02. The van der Waals surface area contributed by atoms with E-state index in [1.807, 2.05) is 6.92 Å². The maximum Gasteiger partial charge on any atom is 0.332 e. The predicted octanol–water partition coefficient (Wildman–Crippen LogP) is 2.68. The summed E-state index contributed by atoms with van der Waals surface area (Å²) in [5.41, 5.74) is 3.76. The molecular weight excluding hydrogens is 244 g/mol. The van der Waals surface area contributed by atoms with E-state index < -0.39 is 12.8 Å². The summed E-state index contributed by atoms with van der Waals surface area (Å²) in [6.07, 6.45) is 0.982. The number of rotatable bonds is 4. The zero-order valence-electron chi connectivity index (χ0n) is 12.0. The summed E-state index contributed by atoms with van der Waals surface area (Å²) >= 11 is 0. The van der Waals surface area contributed by atoms with E-state index in [2.05, 4.69) is 44.2 Å². The quantitative estimate of drug-likeness (QED) is 0.517. The smallest absolute Gasteiger partial charge is 0.332 e. The molecule has 0 aliphatic heterocycles. The molecule has 0 fully saturated rings. The minimum atomic E-state index is -0.609. The Hall–Kier alpha value is -1.81. The van der Waals surface area contributed by atoms with Gasteiger partial charge in [-0.3, -0.25) is 0 Å². The Morgan fingerprint density at radius 2 is 1.84 bits per heavy atom. The minimum Gasteiger partial charge on any atom is -0.493 e. The van der Waals surface area contributed by atoms with E-state index in [1.54, 1.807) is 0 Å². The van der Waals surface area contributed by atoms with E-state index in [1.165, 1.54) is 16.7 Å². The van der Waals surface area contributed by atoms with Crippen LogP contribution in [0.1, 0.15) is 23.6 Å². The molecule has 0 spiro atoms. The average Bonchev–Trinajstić information content (AvgIpc) is 2.34. The number of carbonyl (C=O) groups is 1. The summed E-state index contributed by atoms with van der Waals surface area (Å²) in [5.74, 6) is 0.436. The third kappa shape index (κ3) is 6.62. The normalized spacial score (nSPS) is 9.11. The first-order chi connectivity index (χ1) is 8.96. The van der Waals surface area contributed by atoms with Gasteiger partial charge in [0.05, 0.1) is 6.61 Å². The summed E-state index contributed by atoms with van der Waals surface area (Å²) in [6, 6.07) is 4.30. The Morgan fingerprint density at radius 3 is 2.16 bits per heavy atom. The van der Waals surface area contributed by atoms with Crippen LogP contribution in [0.3, 0.4) is 0 Å². The van der Waals surface area contributed by atoms with Crippen molar-refractivity contribution >= 4 is 5.97 Å². The number of carbonyl (C=O) groups excluding carboxylic acids is 1. The molecule has 1 rings (SSSR count). The lowest BCUT2D eigenvalue weighted by molar-refractivity contribution is -0.145. The lowest BCUT2D eigenvalue weighted by Crippen LogP contribution is -1.99. The van der Waals surface area contributed by atoms with Crippen LogP contribution in [0.4, 0.5) is 0 Å². The molecule has 0 aliphatic rings.